The number of hydrogen-bond acceptors (Lipinski definition) is 4. The van der Waals surface area contributed by atoms with E-state index in [2.05, 4.69) is 0 Å². The number of hydrogen-bond donors (Lipinski definition) is 0. The van der Waals surface area contributed by atoms with Crippen molar-refractivity contribution in [2.24, 2.45) is 0 Å². The highest BCUT2D eigenvalue weighted by Crippen LogP contribution is 2.35. The molecule has 2 rings (SSSR count). The first-order valence-corrected chi connectivity index (χ1v) is 6.09. The largest absolute Gasteiger partial charge is 0.372 e. The highest BCUT2D eigenvalue weighted by molar-refractivity contribution is 5.99. The predicted octanol–water partition coefficient (Wildman–Crippen LogP) is 1.91. The number of fused-ring (bicyclic) bond motifs is 1. The van der Waals surface area contributed by atoms with Gasteiger partial charge >= 0.3 is 0 Å². The summed E-state index contributed by atoms with van der Waals surface area (Å²) in [5, 5.41) is 10.8. The van der Waals surface area contributed by atoms with Crippen molar-refractivity contribution in [3.8, 4) is 0 Å². The number of nitrogens with zero attached hydrogens (tertiary/aromatic N) is 2. The normalized spacial score (nSPS) is 19.1. The van der Waals surface area contributed by atoms with Crippen molar-refractivity contribution in [1.29, 1.82) is 0 Å². The van der Waals surface area contributed by atoms with E-state index < -0.39 is 11.0 Å². The molecule has 0 aliphatic carbocycles. The summed E-state index contributed by atoms with van der Waals surface area (Å²) in [6.07, 6.45) is 0.0997. The van der Waals surface area contributed by atoms with Gasteiger partial charge in [0, 0.05) is 31.0 Å². The summed E-state index contributed by atoms with van der Waals surface area (Å²) < 4.78 is 5.05. The maximum atomic E-state index is 12.2. The van der Waals surface area contributed by atoms with Crippen molar-refractivity contribution < 1.29 is 14.5 Å². The molecule has 6 heteroatoms. The Balaban J connectivity index is 2.37. The second-order valence-corrected chi connectivity index (χ2v) is 4.71. The first-order valence-electron chi connectivity index (χ1n) is 6.09. The minimum Gasteiger partial charge on any atom is -0.372 e. The van der Waals surface area contributed by atoms with Gasteiger partial charge in [-0.05, 0) is 31.9 Å². The Morgan fingerprint density at radius 2 is 2.26 bits per heavy atom. The number of anilines is 1. The maximum Gasteiger partial charge on any atom is 0.269 e. The van der Waals surface area contributed by atoms with E-state index >= 15 is 0 Å². The summed E-state index contributed by atoms with van der Waals surface area (Å²) in [6.45, 7) is 3.62. The Morgan fingerprint density at radius 1 is 1.58 bits per heavy atom. The molecule has 0 bridgehead atoms. The number of carbonyl (C=O) groups excluding carboxylic acids is 1. The average molecular weight is 264 g/mol. The minimum atomic E-state index is -0.524. The molecule has 102 valence electrons. The van der Waals surface area contributed by atoms with E-state index in [0.717, 1.165) is 11.3 Å². The molecule has 1 aromatic rings. The van der Waals surface area contributed by atoms with E-state index in [0.29, 0.717) is 6.42 Å². The first kappa shape index (κ1) is 13.5. The number of amides is 1. The van der Waals surface area contributed by atoms with Crippen molar-refractivity contribution in [3.63, 3.8) is 0 Å². The molecule has 6 nitrogen and oxygen atoms in total. The summed E-state index contributed by atoms with van der Waals surface area (Å²) in [5.41, 5.74) is 1.63. The van der Waals surface area contributed by atoms with Gasteiger partial charge in [-0.15, -0.1) is 0 Å². The lowest BCUT2D eigenvalue weighted by atomic mass is 10.1. The van der Waals surface area contributed by atoms with Crippen molar-refractivity contribution in [2.45, 2.75) is 32.4 Å². The van der Waals surface area contributed by atoms with Crippen LogP contribution < -0.4 is 4.90 Å². The molecule has 1 aliphatic rings. The summed E-state index contributed by atoms with van der Waals surface area (Å²) in [5.74, 6) is -0.123. The summed E-state index contributed by atoms with van der Waals surface area (Å²) in [4.78, 5) is 24.2. The van der Waals surface area contributed by atoms with Crippen LogP contribution in [0.3, 0.4) is 0 Å². The van der Waals surface area contributed by atoms with E-state index in [4.69, 9.17) is 4.74 Å². The van der Waals surface area contributed by atoms with Crippen LogP contribution in [0.4, 0.5) is 11.4 Å². The molecule has 0 aromatic heterocycles. The topological polar surface area (TPSA) is 72.7 Å². The van der Waals surface area contributed by atoms with Crippen LogP contribution in [0.5, 0.6) is 0 Å². The molecule has 0 spiro atoms. The Bertz CT molecular complexity index is 529. The van der Waals surface area contributed by atoms with Gasteiger partial charge in [0.2, 0.25) is 0 Å². The molecule has 0 saturated heterocycles. The summed E-state index contributed by atoms with van der Waals surface area (Å²) >= 11 is 0. The monoisotopic (exact) mass is 264 g/mol. The quantitative estimate of drug-likeness (QED) is 0.617. The van der Waals surface area contributed by atoms with E-state index in [1.54, 1.807) is 17.9 Å². The Labute approximate surface area is 111 Å². The molecular formula is C13H16N2O4. The zero-order chi connectivity index (χ0) is 14.2. The fraction of sp³-hybridized carbons (Fsp3) is 0.462. The van der Waals surface area contributed by atoms with E-state index in [1.165, 1.54) is 19.2 Å². The molecule has 19 heavy (non-hydrogen) atoms. The second kappa shape index (κ2) is 4.97. The van der Waals surface area contributed by atoms with Crippen LogP contribution in [0, 0.1) is 10.1 Å². The van der Waals surface area contributed by atoms with Gasteiger partial charge in [0.15, 0.2) is 0 Å². The van der Waals surface area contributed by atoms with Crippen molar-refractivity contribution in [3.05, 3.63) is 33.9 Å². The van der Waals surface area contributed by atoms with E-state index in [1.807, 2.05) is 6.92 Å². The van der Waals surface area contributed by atoms with Crippen LogP contribution >= 0.6 is 0 Å². The lowest BCUT2D eigenvalue weighted by molar-refractivity contribution is -0.384. The number of methoxy groups -OCH3 is 1. The molecule has 1 heterocycles. The summed E-state index contributed by atoms with van der Waals surface area (Å²) in [7, 11) is 1.49. The third-order valence-corrected chi connectivity index (χ3v) is 3.43. The van der Waals surface area contributed by atoms with Gasteiger partial charge in [-0.2, -0.15) is 0 Å². The minimum absolute atomic E-state index is 0.0119. The van der Waals surface area contributed by atoms with Crippen molar-refractivity contribution >= 4 is 17.3 Å². The van der Waals surface area contributed by atoms with Gasteiger partial charge < -0.3 is 9.64 Å². The van der Waals surface area contributed by atoms with Crippen LogP contribution in [0.25, 0.3) is 0 Å². The molecule has 1 amide bonds. The number of benzene rings is 1. The molecule has 0 saturated carbocycles. The molecule has 0 unspecified atom stereocenters. The number of nitro groups is 1. The SMILES string of the molecule is CO[C@@H](C)C(=O)N1c2ccc([N+](=O)[O-])cc2C[C@H]1C. The Hall–Kier alpha value is -1.95. The third kappa shape index (κ3) is 2.31. The van der Waals surface area contributed by atoms with Crippen molar-refractivity contribution in [1.82, 2.24) is 0 Å². The fourth-order valence-electron chi connectivity index (χ4n) is 2.36. The Kier molecular flexibility index (Phi) is 3.53. The molecule has 0 N–H and O–H groups in total. The number of carbonyl (C=O) groups is 1. The number of ether oxygens (including phenoxy) is 1. The maximum absolute atomic E-state index is 12.2. The smallest absolute Gasteiger partial charge is 0.269 e. The van der Waals surface area contributed by atoms with Gasteiger partial charge in [-0.1, -0.05) is 0 Å². The predicted molar refractivity (Wildman–Crippen MR) is 70.2 cm³/mol. The highest BCUT2D eigenvalue weighted by Gasteiger charge is 2.34. The van der Waals surface area contributed by atoms with Gasteiger partial charge in [-0.25, -0.2) is 0 Å². The molecule has 2 atom stereocenters. The van der Waals surface area contributed by atoms with Crippen LogP contribution in [0.15, 0.2) is 18.2 Å². The molecule has 0 radical (unpaired) electrons. The zero-order valence-corrected chi connectivity index (χ0v) is 11.1. The van der Waals surface area contributed by atoms with Crippen molar-refractivity contribution in [2.75, 3.05) is 12.0 Å². The van der Waals surface area contributed by atoms with Gasteiger partial charge in [0.05, 0.1) is 4.92 Å². The van der Waals surface area contributed by atoms with Gasteiger partial charge in [-0.3, -0.25) is 14.9 Å². The third-order valence-electron chi connectivity index (χ3n) is 3.43. The molecule has 1 aromatic carbocycles. The Morgan fingerprint density at radius 3 is 2.84 bits per heavy atom. The highest BCUT2D eigenvalue weighted by atomic mass is 16.6. The summed E-state index contributed by atoms with van der Waals surface area (Å²) in [6, 6.07) is 4.59. The lowest BCUT2D eigenvalue weighted by Crippen LogP contribution is -2.42. The molecule has 1 aliphatic heterocycles. The molecule has 0 fully saturated rings. The van der Waals surface area contributed by atoms with Gasteiger partial charge in [0.1, 0.15) is 6.10 Å². The fourth-order valence-corrected chi connectivity index (χ4v) is 2.36. The molecular weight excluding hydrogens is 248 g/mol. The van der Waals surface area contributed by atoms with E-state index in [-0.39, 0.29) is 17.6 Å². The number of nitro benzene ring substituents is 1. The standard InChI is InChI=1S/C13H16N2O4/c1-8-6-10-7-11(15(17)18)4-5-12(10)14(8)13(16)9(2)19-3/h4-5,7-9H,6H2,1-3H3/t8-,9+/m1/s1. The van der Waals surface area contributed by atoms with E-state index in [9.17, 15) is 14.9 Å². The second-order valence-electron chi connectivity index (χ2n) is 4.71. The van der Waals surface area contributed by atoms with Crippen LogP contribution in [0.2, 0.25) is 0 Å². The average Bonchev–Trinajstić information content (AvgIpc) is 2.71. The number of non-ortho nitro benzene ring substituents is 1. The first-order chi connectivity index (χ1) is 8.95. The van der Waals surface area contributed by atoms with Crippen LogP contribution in [0.1, 0.15) is 19.4 Å². The lowest BCUT2D eigenvalue weighted by Gasteiger charge is -2.25. The van der Waals surface area contributed by atoms with Crippen LogP contribution in [-0.2, 0) is 16.0 Å². The van der Waals surface area contributed by atoms with Gasteiger partial charge in [0.25, 0.3) is 11.6 Å². The van der Waals surface area contributed by atoms with Crippen LogP contribution in [-0.4, -0.2) is 30.1 Å². The number of rotatable bonds is 3. The zero-order valence-electron chi connectivity index (χ0n) is 11.1.